The Balaban J connectivity index is 1.62. The second-order valence-corrected chi connectivity index (χ2v) is 6.71. The molecule has 2 amide bonds. The summed E-state index contributed by atoms with van der Waals surface area (Å²) in [6.07, 6.45) is 0.825. The van der Waals surface area contributed by atoms with Gasteiger partial charge in [0, 0.05) is 39.0 Å². The van der Waals surface area contributed by atoms with Crippen LogP contribution in [-0.2, 0) is 9.59 Å². The number of hydrogen-bond donors (Lipinski definition) is 0. The Labute approximate surface area is 140 Å². The fourth-order valence-corrected chi connectivity index (χ4v) is 3.54. The monoisotopic (exact) mass is 340 g/mol. The quantitative estimate of drug-likeness (QED) is 0.830. The number of piperazine rings is 1. The SMILES string of the molecule is CC(=O)N1CCN(C(=O)[C@@H]2C[C@@H]2c2cccc(Cl)c2Cl)CC1. The highest BCUT2D eigenvalue weighted by atomic mass is 35.5. The van der Waals surface area contributed by atoms with Crippen LogP contribution in [0.4, 0.5) is 0 Å². The first-order valence-electron chi connectivity index (χ1n) is 7.47. The number of carbonyl (C=O) groups excluding carboxylic acids is 2. The van der Waals surface area contributed by atoms with Gasteiger partial charge in [0.25, 0.3) is 0 Å². The molecule has 1 saturated heterocycles. The Morgan fingerprint density at radius 1 is 1.09 bits per heavy atom. The van der Waals surface area contributed by atoms with Gasteiger partial charge in [-0.2, -0.15) is 0 Å². The number of halogens is 2. The van der Waals surface area contributed by atoms with Crippen LogP contribution in [0, 0.1) is 5.92 Å². The first-order valence-corrected chi connectivity index (χ1v) is 8.23. The summed E-state index contributed by atoms with van der Waals surface area (Å²) in [7, 11) is 0. The van der Waals surface area contributed by atoms with Crippen molar-refractivity contribution >= 4 is 35.0 Å². The standard InChI is InChI=1S/C16H18Cl2N2O2/c1-10(21)19-5-7-20(8-6-19)16(22)13-9-12(13)11-3-2-4-14(17)15(11)18/h2-4,12-13H,5-9H2,1H3/t12-,13-/m1/s1. The minimum absolute atomic E-state index is 0.000144. The Kier molecular flexibility index (Phi) is 4.33. The zero-order valence-electron chi connectivity index (χ0n) is 12.4. The highest BCUT2D eigenvalue weighted by Crippen LogP contribution is 2.51. The first kappa shape index (κ1) is 15.6. The zero-order valence-corrected chi connectivity index (χ0v) is 13.9. The molecule has 1 aromatic carbocycles. The van der Waals surface area contributed by atoms with E-state index in [1.807, 2.05) is 17.0 Å². The van der Waals surface area contributed by atoms with Gasteiger partial charge in [0.05, 0.1) is 10.0 Å². The van der Waals surface area contributed by atoms with Crippen LogP contribution in [0.1, 0.15) is 24.8 Å². The van der Waals surface area contributed by atoms with E-state index in [4.69, 9.17) is 23.2 Å². The van der Waals surface area contributed by atoms with Crippen molar-refractivity contribution in [2.24, 2.45) is 5.92 Å². The zero-order chi connectivity index (χ0) is 15.9. The van der Waals surface area contributed by atoms with Crippen LogP contribution in [0.5, 0.6) is 0 Å². The summed E-state index contributed by atoms with van der Waals surface area (Å²) in [6.45, 7) is 4.04. The molecule has 0 spiro atoms. The van der Waals surface area contributed by atoms with E-state index in [-0.39, 0.29) is 23.7 Å². The molecule has 4 nitrogen and oxygen atoms in total. The van der Waals surface area contributed by atoms with Crippen LogP contribution in [-0.4, -0.2) is 47.8 Å². The lowest BCUT2D eigenvalue weighted by Crippen LogP contribution is -2.50. The van der Waals surface area contributed by atoms with E-state index in [0.717, 1.165) is 12.0 Å². The number of nitrogens with zero attached hydrogens (tertiary/aromatic N) is 2. The lowest BCUT2D eigenvalue weighted by molar-refractivity contribution is -0.139. The molecule has 6 heteroatoms. The maximum Gasteiger partial charge on any atom is 0.226 e. The number of benzene rings is 1. The van der Waals surface area contributed by atoms with E-state index in [1.54, 1.807) is 17.9 Å². The van der Waals surface area contributed by atoms with Crippen molar-refractivity contribution in [3.63, 3.8) is 0 Å². The highest BCUT2D eigenvalue weighted by molar-refractivity contribution is 6.42. The molecule has 0 bridgehead atoms. The van der Waals surface area contributed by atoms with Crippen LogP contribution in [0.3, 0.4) is 0 Å². The van der Waals surface area contributed by atoms with E-state index in [1.165, 1.54) is 0 Å². The molecule has 2 aliphatic rings. The van der Waals surface area contributed by atoms with Crippen molar-refractivity contribution in [3.05, 3.63) is 33.8 Å². The van der Waals surface area contributed by atoms with Gasteiger partial charge >= 0.3 is 0 Å². The van der Waals surface area contributed by atoms with E-state index >= 15 is 0 Å². The molecular formula is C16H18Cl2N2O2. The van der Waals surface area contributed by atoms with Crippen LogP contribution in [0.15, 0.2) is 18.2 Å². The maximum absolute atomic E-state index is 12.6. The molecule has 1 aliphatic carbocycles. The van der Waals surface area contributed by atoms with E-state index in [9.17, 15) is 9.59 Å². The van der Waals surface area contributed by atoms with E-state index in [0.29, 0.717) is 36.2 Å². The first-order chi connectivity index (χ1) is 10.5. The van der Waals surface area contributed by atoms with Crippen molar-refractivity contribution in [3.8, 4) is 0 Å². The molecule has 1 aliphatic heterocycles. The molecule has 1 aromatic rings. The maximum atomic E-state index is 12.6. The summed E-state index contributed by atoms with van der Waals surface area (Å²) in [5.41, 5.74) is 0.967. The summed E-state index contributed by atoms with van der Waals surface area (Å²) >= 11 is 12.3. The van der Waals surface area contributed by atoms with Gasteiger partial charge in [-0.15, -0.1) is 0 Å². The van der Waals surface area contributed by atoms with Crippen molar-refractivity contribution in [1.29, 1.82) is 0 Å². The second kappa shape index (κ2) is 6.09. The smallest absolute Gasteiger partial charge is 0.226 e. The molecule has 22 heavy (non-hydrogen) atoms. The summed E-state index contributed by atoms with van der Waals surface area (Å²) in [5, 5.41) is 1.10. The predicted octanol–water partition coefficient (Wildman–Crippen LogP) is 2.79. The summed E-state index contributed by atoms with van der Waals surface area (Å²) in [4.78, 5) is 27.5. The van der Waals surface area contributed by atoms with Gasteiger partial charge in [0.2, 0.25) is 11.8 Å². The van der Waals surface area contributed by atoms with Gasteiger partial charge in [-0.1, -0.05) is 35.3 Å². The van der Waals surface area contributed by atoms with Crippen molar-refractivity contribution in [1.82, 2.24) is 9.80 Å². The topological polar surface area (TPSA) is 40.6 Å². The average molecular weight is 341 g/mol. The van der Waals surface area contributed by atoms with E-state index < -0.39 is 0 Å². The Morgan fingerprint density at radius 2 is 1.73 bits per heavy atom. The van der Waals surface area contributed by atoms with Crippen LogP contribution < -0.4 is 0 Å². The predicted molar refractivity (Wildman–Crippen MR) is 86.1 cm³/mol. The third-order valence-electron chi connectivity index (χ3n) is 4.53. The average Bonchev–Trinajstić information content (AvgIpc) is 3.30. The molecular weight excluding hydrogens is 323 g/mol. The number of rotatable bonds is 2. The van der Waals surface area contributed by atoms with Crippen molar-refractivity contribution < 1.29 is 9.59 Å². The molecule has 1 heterocycles. The molecule has 0 unspecified atom stereocenters. The van der Waals surface area contributed by atoms with Gasteiger partial charge in [-0.05, 0) is 24.0 Å². The fourth-order valence-electron chi connectivity index (χ4n) is 3.09. The van der Waals surface area contributed by atoms with Crippen molar-refractivity contribution in [2.45, 2.75) is 19.3 Å². The van der Waals surface area contributed by atoms with E-state index in [2.05, 4.69) is 0 Å². The molecule has 118 valence electrons. The Hall–Kier alpha value is -1.26. The third kappa shape index (κ3) is 2.95. The number of carbonyl (C=O) groups is 2. The largest absolute Gasteiger partial charge is 0.339 e. The summed E-state index contributed by atoms with van der Waals surface area (Å²) < 4.78 is 0. The van der Waals surface area contributed by atoms with Gasteiger partial charge in [0.15, 0.2) is 0 Å². The molecule has 1 saturated carbocycles. The number of amides is 2. The fraction of sp³-hybridized carbons (Fsp3) is 0.500. The van der Waals surface area contributed by atoms with Gasteiger partial charge in [-0.25, -0.2) is 0 Å². The van der Waals surface area contributed by atoms with Crippen LogP contribution in [0.25, 0.3) is 0 Å². The molecule has 2 atom stereocenters. The molecule has 0 radical (unpaired) electrons. The van der Waals surface area contributed by atoms with Crippen molar-refractivity contribution in [2.75, 3.05) is 26.2 Å². The molecule has 3 rings (SSSR count). The lowest BCUT2D eigenvalue weighted by Gasteiger charge is -2.34. The van der Waals surface area contributed by atoms with Gasteiger partial charge in [0.1, 0.15) is 0 Å². The van der Waals surface area contributed by atoms with Gasteiger partial charge in [-0.3, -0.25) is 9.59 Å². The normalized spacial score (nSPS) is 24.3. The molecule has 2 fully saturated rings. The highest BCUT2D eigenvalue weighted by Gasteiger charge is 2.47. The lowest BCUT2D eigenvalue weighted by atomic mass is 10.1. The number of hydrogen-bond acceptors (Lipinski definition) is 2. The van der Waals surface area contributed by atoms with Crippen LogP contribution in [0.2, 0.25) is 10.0 Å². The third-order valence-corrected chi connectivity index (χ3v) is 5.36. The summed E-state index contributed by atoms with van der Waals surface area (Å²) in [5.74, 6) is 0.413. The minimum atomic E-state index is -0.000144. The molecule has 0 aromatic heterocycles. The molecule has 0 N–H and O–H groups in total. The minimum Gasteiger partial charge on any atom is -0.339 e. The summed E-state index contributed by atoms with van der Waals surface area (Å²) in [6, 6.07) is 5.57. The van der Waals surface area contributed by atoms with Crippen LogP contribution >= 0.6 is 23.2 Å². The second-order valence-electron chi connectivity index (χ2n) is 5.92. The van der Waals surface area contributed by atoms with Gasteiger partial charge < -0.3 is 9.80 Å². The Morgan fingerprint density at radius 3 is 2.36 bits per heavy atom. The Bertz CT molecular complexity index is 612.